The van der Waals surface area contributed by atoms with E-state index in [4.69, 9.17) is 21.6 Å². The number of alkyl halides is 1. The van der Waals surface area contributed by atoms with Gasteiger partial charge in [0.2, 0.25) is 0 Å². The summed E-state index contributed by atoms with van der Waals surface area (Å²) in [6, 6.07) is -0.505. The van der Waals surface area contributed by atoms with E-state index < -0.39 is 25.3 Å². The zero-order valence-electron chi connectivity index (χ0n) is 7.19. The second-order valence-corrected chi connectivity index (χ2v) is 1.49. The number of hydrogen-bond donors (Lipinski definition) is 2. The fourth-order valence-corrected chi connectivity index (χ4v) is 0.351. The Balaban J connectivity index is -0.000000500. The molecule has 0 amide bonds. The molecule has 0 aliphatic carbocycles. The molecular weight excluding hydrogens is 185 g/mol. The van der Waals surface area contributed by atoms with Crippen molar-refractivity contribution in [1.82, 2.24) is 0 Å². The third-order valence-electron chi connectivity index (χ3n) is 0.565. The second kappa shape index (κ2) is 7.46. The molecule has 0 fully saturated rings. The van der Waals surface area contributed by atoms with Crippen LogP contribution in [-0.4, -0.2) is 35.4 Å². The maximum absolute atomic E-state index is 10.3. The Kier molecular flexibility index (Phi) is 8.92. The average Bonchev–Trinajstić information content (AvgIpc) is 1.86. The van der Waals surface area contributed by atoms with Gasteiger partial charge >= 0.3 is 38.1 Å². The predicted molar refractivity (Wildman–Crippen MR) is 34.2 cm³/mol. The Bertz CT molecular complexity index is 168. The average molecular weight is 190 g/mol. The van der Waals surface area contributed by atoms with Crippen LogP contribution in [0.25, 0.3) is 0 Å². The van der Waals surface area contributed by atoms with Crippen LogP contribution in [0, 0.1) is 0 Å². The minimum atomic E-state index is -2.33. The summed E-state index contributed by atoms with van der Waals surface area (Å²) in [6.45, 7) is 0. The monoisotopic (exact) mass is 190 g/mol. The van der Waals surface area contributed by atoms with E-state index in [2.05, 4.69) is 9.39 Å². The van der Waals surface area contributed by atoms with Crippen molar-refractivity contribution in [3.63, 3.8) is 0 Å². The molecule has 0 aliphatic rings. The summed E-state index contributed by atoms with van der Waals surface area (Å²) in [6.07, 6.45) is 0. The van der Waals surface area contributed by atoms with Crippen molar-refractivity contribution in [1.29, 1.82) is 0 Å². The standard InChI is InChI=1S/C3H4BClO6.Li.H/c5-1-10-2(6)3(7)11-4(8)9;;/h8-9H,1H2;;/q;+1;-1. The van der Waals surface area contributed by atoms with Crippen LogP contribution in [0.15, 0.2) is 0 Å². The first-order chi connectivity index (χ1) is 5.07. The van der Waals surface area contributed by atoms with E-state index in [9.17, 15) is 9.59 Å². The van der Waals surface area contributed by atoms with E-state index in [1.54, 1.807) is 0 Å². The molecule has 0 spiro atoms. The molecule has 0 aromatic carbocycles. The van der Waals surface area contributed by atoms with Crippen molar-refractivity contribution in [2.75, 3.05) is 6.07 Å². The molecule has 0 aromatic heterocycles. The normalized spacial score (nSPS) is 7.92. The Hall–Kier alpha value is -0.188. The van der Waals surface area contributed by atoms with Gasteiger partial charge in [-0.25, -0.2) is 9.59 Å². The third kappa shape index (κ3) is 6.52. The van der Waals surface area contributed by atoms with Crippen LogP contribution >= 0.6 is 11.6 Å². The number of carbonyl (C=O) groups is 2. The molecule has 0 saturated heterocycles. The van der Waals surface area contributed by atoms with Crippen molar-refractivity contribution in [2.24, 2.45) is 0 Å². The van der Waals surface area contributed by atoms with E-state index in [1.807, 2.05) is 0 Å². The molecule has 0 radical (unpaired) electrons. The van der Waals surface area contributed by atoms with E-state index in [-0.39, 0.29) is 20.3 Å². The smallest absolute Gasteiger partial charge is 1.00 e. The van der Waals surface area contributed by atoms with Gasteiger partial charge in [0, 0.05) is 0 Å². The molecule has 0 aliphatic heterocycles. The molecule has 0 rings (SSSR count). The molecule has 0 saturated carbocycles. The molecule has 64 valence electrons. The van der Waals surface area contributed by atoms with Gasteiger partial charge in [-0.15, -0.1) is 0 Å². The molecule has 0 unspecified atom stereocenters. The maximum Gasteiger partial charge on any atom is 1.00 e. The van der Waals surface area contributed by atoms with Crippen molar-refractivity contribution in [3.8, 4) is 0 Å². The number of rotatable bonds is 2. The summed E-state index contributed by atoms with van der Waals surface area (Å²) in [5.74, 6) is -2.89. The molecule has 0 aromatic rings. The first-order valence-corrected chi connectivity index (χ1v) is 2.91. The Morgan fingerprint density at radius 3 is 2.25 bits per heavy atom. The Morgan fingerprint density at radius 1 is 1.42 bits per heavy atom. The van der Waals surface area contributed by atoms with E-state index in [0.29, 0.717) is 0 Å². The van der Waals surface area contributed by atoms with Crippen LogP contribution in [-0.2, 0) is 19.0 Å². The van der Waals surface area contributed by atoms with Gasteiger partial charge in [0.15, 0.2) is 6.07 Å². The molecule has 0 atom stereocenters. The second-order valence-electron chi connectivity index (χ2n) is 1.27. The molecule has 0 bridgehead atoms. The molecule has 0 heterocycles. The van der Waals surface area contributed by atoms with Gasteiger partial charge in [0.1, 0.15) is 0 Å². The largest absolute Gasteiger partial charge is 1.00 e. The maximum atomic E-state index is 10.3. The van der Waals surface area contributed by atoms with Crippen molar-refractivity contribution in [3.05, 3.63) is 0 Å². The summed E-state index contributed by atoms with van der Waals surface area (Å²) in [7, 11) is -2.33. The number of carbonyl (C=O) groups excluding carboxylic acids is 2. The van der Waals surface area contributed by atoms with E-state index in [0.717, 1.165) is 0 Å². The van der Waals surface area contributed by atoms with E-state index in [1.165, 1.54) is 0 Å². The number of halogens is 1. The minimum absolute atomic E-state index is 0. The van der Waals surface area contributed by atoms with Gasteiger partial charge < -0.3 is 20.9 Å². The van der Waals surface area contributed by atoms with Gasteiger partial charge in [0.05, 0.1) is 0 Å². The summed E-state index contributed by atoms with van der Waals surface area (Å²) in [5, 5.41) is 16.0. The molecule has 2 N–H and O–H groups in total. The third-order valence-corrected chi connectivity index (χ3v) is 0.674. The van der Waals surface area contributed by atoms with Gasteiger partial charge in [-0.3, -0.25) is 0 Å². The Labute approximate surface area is 86.6 Å². The van der Waals surface area contributed by atoms with Crippen molar-refractivity contribution in [2.45, 2.75) is 0 Å². The molecule has 12 heavy (non-hydrogen) atoms. The molecular formula is C3H5BClLiO6. The summed E-state index contributed by atoms with van der Waals surface area (Å²) >= 11 is 4.90. The molecule has 9 heteroatoms. The minimum Gasteiger partial charge on any atom is -1.00 e. The van der Waals surface area contributed by atoms with Gasteiger partial charge in [0.25, 0.3) is 0 Å². The predicted octanol–water partition coefficient (Wildman–Crippen LogP) is -4.64. The quantitative estimate of drug-likeness (QED) is 0.197. The number of esters is 1. The zero-order valence-corrected chi connectivity index (χ0v) is 6.95. The van der Waals surface area contributed by atoms with Crippen LogP contribution in [0.1, 0.15) is 1.43 Å². The van der Waals surface area contributed by atoms with Crippen LogP contribution in [0.5, 0.6) is 0 Å². The first kappa shape index (κ1) is 14.3. The zero-order chi connectivity index (χ0) is 8.85. The first-order valence-electron chi connectivity index (χ1n) is 2.37. The fraction of sp³-hybridized carbons (Fsp3) is 0.333. The number of hydrogen-bond acceptors (Lipinski definition) is 6. The van der Waals surface area contributed by atoms with E-state index >= 15 is 0 Å². The number of ether oxygens (including phenoxy) is 1. The van der Waals surface area contributed by atoms with Crippen LogP contribution in [0.3, 0.4) is 0 Å². The Morgan fingerprint density at radius 2 is 1.92 bits per heavy atom. The van der Waals surface area contributed by atoms with Crippen LogP contribution in [0.4, 0.5) is 0 Å². The van der Waals surface area contributed by atoms with Gasteiger partial charge in [-0.1, -0.05) is 11.6 Å². The van der Waals surface area contributed by atoms with Crippen molar-refractivity contribution >= 4 is 30.9 Å². The SMILES string of the molecule is O=C(OCCl)C(=O)OB(O)O.[H-].[Li+]. The van der Waals surface area contributed by atoms with Gasteiger partial charge in [-0.05, 0) is 0 Å². The van der Waals surface area contributed by atoms with Crippen LogP contribution in [0.2, 0.25) is 0 Å². The molecule has 6 nitrogen and oxygen atoms in total. The van der Waals surface area contributed by atoms with Crippen LogP contribution < -0.4 is 18.9 Å². The summed E-state index contributed by atoms with van der Waals surface area (Å²) < 4.78 is 7.54. The summed E-state index contributed by atoms with van der Waals surface area (Å²) in [4.78, 5) is 20.5. The topological polar surface area (TPSA) is 93.1 Å². The van der Waals surface area contributed by atoms with Crippen molar-refractivity contribution < 1.29 is 49.3 Å². The van der Waals surface area contributed by atoms with Gasteiger partial charge in [-0.2, -0.15) is 0 Å². The summed E-state index contributed by atoms with van der Waals surface area (Å²) in [5.41, 5.74) is 0. The fourth-order valence-electron chi connectivity index (χ4n) is 0.252.